The summed E-state index contributed by atoms with van der Waals surface area (Å²) in [6.07, 6.45) is 0. The average molecular weight is 242 g/mol. The Labute approximate surface area is 106 Å². The summed E-state index contributed by atoms with van der Waals surface area (Å²) < 4.78 is 2.02. The van der Waals surface area contributed by atoms with Crippen LogP contribution in [0.3, 0.4) is 0 Å². The van der Waals surface area contributed by atoms with E-state index in [2.05, 4.69) is 35.6 Å². The van der Waals surface area contributed by atoms with Gasteiger partial charge in [0.1, 0.15) is 5.69 Å². The summed E-state index contributed by atoms with van der Waals surface area (Å²) in [7, 11) is 1.98. The van der Waals surface area contributed by atoms with Crippen molar-refractivity contribution in [2.75, 3.05) is 6.67 Å². The molecule has 0 saturated carbocycles. The molecule has 0 amide bonds. The predicted octanol–water partition coefficient (Wildman–Crippen LogP) is 1.73. The number of benzene rings is 1. The van der Waals surface area contributed by atoms with E-state index in [4.69, 9.17) is 5.73 Å². The zero-order valence-electron chi connectivity index (χ0n) is 11.1. The molecule has 4 heteroatoms. The van der Waals surface area contributed by atoms with Gasteiger partial charge in [-0.2, -0.15) is 0 Å². The lowest BCUT2D eigenvalue weighted by molar-refractivity contribution is 0.819. The van der Waals surface area contributed by atoms with Crippen molar-refractivity contribution in [3.05, 3.63) is 41.5 Å². The van der Waals surface area contributed by atoms with Gasteiger partial charge >= 0.3 is 0 Å². The van der Waals surface area contributed by atoms with Crippen LogP contribution in [0.4, 0.5) is 0 Å². The van der Waals surface area contributed by atoms with Gasteiger partial charge < -0.3 is 10.3 Å². The zero-order chi connectivity index (χ0) is 13.3. The highest BCUT2D eigenvalue weighted by atomic mass is 15.0. The van der Waals surface area contributed by atoms with Gasteiger partial charge in [-0.3, -0.25) is 4.99 Å². The van der Waals surface area contributed by atoms with E-state index in [1.165, 1.54) is 5.56 Å². The summed E-state index contributed by atoms with van der Waals surface area (Å²) in [4.78, 5) is 8.95. The molecule has 0 fully saturated rings. The maximum atomic E-state index is 5.53. The number of aryl methyl sites for hydroxylation is 2. The fraction of sp³-hybridized carbons (Fsp3) is 0.286. The summed E-state index contributed by atoms with van der Waals surface area (Å²) in [6, 6.07) is 6.17. The summed E-state index contributed by atoms with van der Waals surface area (Å²) in [6.45, 7) is 8.19. The maximum Gasteiger partial charge on any atom is 0.155 e. The van der Waals surface area contributed by atoms with Crippen LogP contribution in [0.2, 0.25) is 0 Å². The standard InChI is InChI=1S/C14H18N4/c1-9(2)13-14(16-8-15)18(4)12-7-10(3)5-6-11(12)17-13/h5-7H,1,8,15H2,2-4H3/b16-14+. The molecule has 2 rings (SSSR count). The first-order valence-electron chi connectivity index (χ1n) is 5.88. The largest absolute Gasteiger partial charge is 0.326 e. The molecule has 0 aliphatic carbocycles. The number of rotatable bonds is 2. The van der Waals surface area contributed by atoms with Gasteiger partial charge in [0.05, 0.1) is 17.7 Å². The third-order valence-corrected chi connectivity index (χ3v) is 2.90. The van der Waals surface area contributed by atoms with E-state index in [0.29, 0.717) is 0 Å². The third-order valence-electron chi connectivity index (χ3n) is 2.90. The van der Waals surface area contributed by atoms with Gasteiger partial charge in [-0.15, -0.1) is 0 Å². The van der Waals surface area contributed by atoms with Gasteiger partial charge in [-0.05, 0) is 37.1 Å². The van der Waals surface area contributed by atoms with E-state index in [0.717, 1.165) is 27.8 Å². The summed E-state index contributed by atoms with van der Waals surface area (Å²) in [5.41, 5.74) is 11.2. The molecule has 2 aromatic rings. The number of allylic oxidation sites excluding steroid dienone is 1. The normalized spacial score (nSPS) is 12.1. The molecule has 0 aliphatic heterocycles. The van der Waals surface area contributed by atoms with E-state index in [9.17, 15) is 0 Å². The van der Waals surface area contributed by atoms with Crippen LogP contribution in [0, 0.1) is 6.92 Å². The molecule has 0 aliphatic rings. The third kappa shape index (κ3) is 2.07. The smallest absolute Gasteiger partial charge is 0.155 e. The van der Waals surface area contributed by atoms with Crippen molar-refractivity contribution in [2.45, 2.75) is 13.8 Å². The van der Waals surface area contributed by atoms with Gasteiger partial charge in [0, 0.05) is 7.05 Å². The molecule has 2 N–H and O–H groups in total. The zero-order valence-corrected chi connectivity index (χ0v) is 11.1. The monoisotopic (exact) mass is 242 g/mol. The minimum atomic E-state index is 0.243. The fourth-order valence-electron chi connectivity index (χ4n) is 1.99. The van der Waals surface area contributed by atoms with Crippen molar-refractivity contribution in [1.82, 2.24) is 9.55 Å². The lowest BCUT2D eigenvalue weighted by Crippen LogP contribution is -2.25. The second-order valence-electron chi connectivity index (χ2n) is 4.46. The van der Waals surface area contributed by atoms with Crippen LogP contribution in [0.5, 0.6) is 0 Å². The summed E-state index contributed by atoms with van der Waals surface area (Å²) in [5, 5.41) is 0. The van der Waals surface area contributed by atoms with Gasteiger partial charge in [-0.1, -0.05) is 12.6 Å². The van der Waals surface area contributed by atoms with Gasteiger partial charge in [0.15, 0.2) is 5.49 Å². The van der Waals surface area contributed by atoms with Crippen molar-refractivity contribution in [3.63, 3.8) is 0 Å². The molecule has 4 nitrogen and oxygen atoms in total. The lowest BCUT2D eigenvalue weighted by atomic mass is 10.2. The minimum absolute atomic E-state index is 0.243. The average Bonchev–Trinajstić information content (AvgIpc) is 2.33. The van der Waals surface area contributed by atoms with E-state index in [1.807, 2.05) is 24.6 Å². The van der Waals surface area contributed by atoms with Crippen molar-refractivity contribution >= 4 is 16.6 Å². The van der Waals surface area contributed by atoms with Gasteiger partial charge in [0.25, 0.3) is 0 Å². The topological polar surface area (TPSA) is 56.2 Å². The number of hydrogen-bond donors (Lipinski definition) is 1. The van der Waals surface area contributed by atoms with Crippen molar-refractivity contribution < 1.29 is 0 Å². The molecule has 0 unspecified atom stereocenters. The Morgan fingerprint density at radius 2 is 2.22 bits per heavy atom. The Balaban J connectivity index is 2.95. The molecule has 1 aromatic carbocycles. The van der Waals surface area contributed by atoms with Crippen LogP contribution in [-0.4, -0.2) is 16.2 Å². The molecule has 94 valence electrons. The Hall–Kier alpha value is -1.94. The molecule has 0 radical (unpaired) electrons. The minimum Gasteiger partial charge on any atom is -0.326 e. The molecule has 0 saturated heterocycles. The highest BCUT2D eigenvalue weighted by Crippen LogP contribution is 2.14. The van der Waals surface area contributed by atoms with E-state index in [-0.39, 0.29) is 6.67 Å². The van der Waals surface area contributed by atoms with Crippen LogP contribution in [-0.2, 0) is 7.05 Å². The number of nitrogens with two attached hydrogens (primary N) is 1. The maximum absolute atomic E-state index is 5.53. The molecule has 0 spiro atoms. The van der Waals surface area contributed by atoms with E-state index in [1.54, 1.807) is 0 Å². The number of fused-ring (bicyclic) bond motifs is 1. The van der Waals surface area contributed by atoms with Crippen LogP contribution in [0.25, 0.3) is 16.6 Å². The highest BCUT2D eigenvalue weighted by molar-refractivity contribution is 5.77. The Morgan fingerprint density at radius 3 is 2.83 bits per heavy atom. The Bertz CT molecular complexity index is 680. The van der Waals surface area contributed by atoms with Crippen molar-refractivity contribution in [1.29, 1.82) is 0 Å². The van der Waals surface area contributed by atoms with Crippen molar-refractivity contribution in [3.8, 4) is 0 Å². The van der Waals surface area contributed by atoms with Crippen LogP contribution >= 0.6 is 0 Å². The number of nitrogens with zero attached hydrogens (tertiary/aromatic N) is 3. The second-order valence-corrected chi connectivity index (χ2v) is 4.46. The highest BCUT2D eigenvalue weighted by Gasteiger charge is 2.07. The fourth-order valence-corrected chi connectivity index (χ4v) is 1.99. The number of aromatic nitrogens is 2. The van der Waals surface area contributed by atoms with E-state index < -0.39 is 0 Å². The van der Waals surface area contributed by atoms with E-state index >= 15 is 0 Å². The quantitative estimate of drug-likeness (QED) is 0.872. The molecule has 18 heavy (non-hydrogen) atoms. The lowest BCUT2D eigenvalue weighted by Gasteiger charge is -2.11. The van der Waals surface area contributed by atoms with Gasteiger partial charge in [0.2, 0.25) is 0 Å². The Kier molecular flexibility index (Phi) is 3.30. The first kappa shape index (κ1) is 12.5. The first-order valence-corrected chi connectivity index (χ1v) is 5.88. The van der Waals surface area contributed by atoms with Crippen LogP contribution < -0.4 is 11.2 Å². The second kappa shape index (κ2) is 4.74. The van der Waals surface area contributed by atoms with Crippen molar-refractivity contribution in [2.24, 2.45) is 17.8 Å². The summed E-state index contributed by atoms with van der Waals surface area (Å²) >= 11 is 0. The van der Waals surface area contributed by atoms with Crippen LogP contribution in [0.15, 0.2) is 29.8 Å². The molecule has 0 bridgehead atoms. The molecular formula is C14H18N4. The SMILES string of the molecule is C=C(C)c1nc2ccc(C)cc2n(C)/c1=N/CN. The summed E-state index contributed by atoms with van der Waals surface area (Å²) in [5.74, 6) is 0. The van der Waals surface area contributed by atoms with Crippen LogP contribution in [0.1, 0.15) is 18.2 Å². The number of hydrogen-bond acceptors (Lipinski definition) is 3. The first-order chi connectivity index (χ1) is 8.54. The molecule has 0 atom stereocenters. The predicted molar refractivity (Wildman–Crippen MR) is 74.8 cm³/mol. The molecule has 1 heterocycles. The van der Waals surface area contributed by atoms with Gasteiger partial charge in [-0.25, -0.2) is 4.98 Å². The molecule has 1 aromatic heterocycles. The molecular weight excluding hydrogens is 224 g/mol. The Morgan fingerprint density at radius 1 is 1.50 bits per heavy atom.